The van der Waals surface area contributed by atoms with E-state index >= 15 is 0 Å². The molecule has 6 heteroatoms. The van der Waals surface area contributed by atoms with Gasteiger partial charge < -0.3 is 16.3 Å². The zero-order chi connectivity index (χ0) is 13.8. The molecular formula is C12H17ClIN3O. The highest BCUT2D eigenvalue weighted by Gasteiger charge is 2.22. The molecule has 0 unspecified atom stereocenters. The third-order valence-corrected chi connectivity index (χ3v) is 3.93. The lowest BCUT2D eigenvalue weighted by Crippen LogP contribution is -2.33. The molecular weight excluding hydrogens is 365 g/mol. The van der Waals surface area contributed by atoms with Crippen LogP contribution in [-0.4, -0.2) is 17.6 Å². The van der Waals surface area contributed by atoms with Crippen LogP contribution in [0, 0.1) is 8.99 Å². The van der Waals surface area contributed by atoms with Crippen LogP contribution in [0.1, 0.15) is 20.3 Å². The first-order chi connectivity index (χ1) is 8.36. The summed E-state index contributed by atoms with van der Waals surface area (Å²) in [4.78, 5) is 0. The van der Waals surface area contributed by atoms with Gasteiger partial charge in [-0.2, -0.15) is 0 Å². The number of benzene rings is 1. The molecule has 0 bridgehead atoms. The van der Waals surface area contributed by atoms with Crippen molar-refractivity contribution in [3.63, 3.8) is 0 Å². The van der Waals surface area contributed by atoms with Crippen LogP contribution >= 0.6 is 34.2 Å². The van der Waals surface area contributed by atoms with Crippen LogP contribution in [-0.2, 0) is 0 Å². The zero-order valence-electron chi connectivity index (χ0n) is 10.4. The number of amidine groups is 1. The number of anilines is 1. The Labute approximate surface area is 126 Å². The number of hydrogen-bond acceptors (Lipinski definition) is 3. The third-order valence-electron chi connectivity index (χ3n) is 2.80. The minimum Gasteiger partial charge on any atom is -0.409 e. The second-order valence-electron chi connectivity index (χ2n) is 4.67. The Kier molecular flexibility index (Phi) is 5.52. The number of hydrogen-bond donors (Lipinski definition) is 3. The summed E-state index contributed by atoms with van der Waals surface area (Å²) in [5.74, 6) is 0.245. The second-order valence-corrected chi connectivity index (χ2v) is 6.27. The Balaban J connectivity index is 2.57. The lowest BCUT2D eigenvalue weighted by Gasteiger charge is -2.23. The second kappa shape index (κ2) is 6.47. The minimum atomic E-state index is -0.334. The van der Waals surface area contributed by atoms with Crippen LogP contribution in [0.3, 0.4) is 0 Å². The maximum atomic E-state index is 8.69. The molecule has 0 spiro atoms. The number of nitrogens with one attached hydrogen (secondary N) is 1. The normalized spacial score (nSPS) is 12.6. The molecule has 1 aromatic carbocycles. The maximum absolute atomic E-state index is 8.69. The molecule has 0 aliphatic rings. The minimum absolute atomic E-state index is 0.245. The van der Waals surface area contributed by atoms with Gasteiger partial charge in [-0.15, -0.1) is 0 Å². The van der Waals surface area contributed by atoms with Crippen molar-refractivity contribution in [1.82, 2.24) is 0 Å². The molecule has 4 N–H and O–H groups in total. The molecule has 100 valence electrons. The molecule has 18 heavy (non-hydrogen) atoms. The summed E-state index contributed by atoms with van der Waals surface area (Å²) >= 11 is 8.12. The average molecular weight is 382 g/mol. The van der Waals surface area contributed by atoms with Crippen LogP contribution < -0.4 is 11.1 Å². The van der Waals surface area contributed by atoms with E-state index in [0.29, 0.717) is 0 Å². The van der Waals surface area contributed by atoms with E-state index in [1.807, 2.05) is 32.0 Å². The van der Waals surface area contributed by atoms with E-state index < -0.39 is 0 Å². The largest absolute Gasteiger partial charge is 0.409 e. The molecule has 0 aromatic heterocycles. The number of oxime groups is 1. The van der Waals surface area contributed by atoms with Gasteiger partial charge in [0.05, 0.1) is 0 Å². The van der Waals surface area contributed by atoms with Crippen molar-refractivity contribution in [2.45, 2.75) is 20.3 Å². The van der Waals surface area contributed by atoms with Crippen molar-refractivity contribution in [2.24, 2.45) is 16.3 Å². The smallest absolute Gasteiger partial charge is 0.144 e. The van der Waals surface area contributed by atoms with Crippen molar-refractivity contribution in [3.8, 4) is 0 Å². The van der Waals surface area contributed by atoms with Crippen molar-refractivity contribution in [2.75, 3.05) is 11.9 Å². The fourth-order valence-electron chi connectivity index (χ4n) is 1.41. The Morgan fingerprint density at radius 2 is 2.22 bits per heavy atom. The van der Waals surface area contributed by atoms with Crippen LogP contribution in [0.4, 0.5) is 5.69 Å². The molecule has 1 aromatic rings. The molecule has 0 atom stereocenters. The summed E-state index contributed by atoms with van der Waals surface area (Å²) in [5.41, 5.74) is 6.34. The first-order valence-corrected chi connectivity index (χ1v) is 6.99. The molecule has 0 saturated carbocycles. The predicted molar refractivity (Wildman–Crippen MR) is 84.5 cm³/mol. The van der Waals surface area contributed by atoms with Crippen molar-refractivity contribution < 1.29 is 5.21 Å². The topological polar surface area (TPSA) is 70.6 Å². The number of nitrogens with two attached hydrogens (primary N) is 1. The van der Waals surface area contributed by atoms with Gasteiger partial charge in [-0.1, -0.05) is 30.6 Å². The van der Waals surface area contributed by atoms with E-state index in [1.165, 1.54) is 0 Å². The number of nitrogens with zero attached hydrogens (tertiary/aromatic N) is 1. The van der Waals surface area contributed by atoms with E-state index in [1.54, 1.807) is 0 Å². The van der Waals surface area contributed by atoms with Gasteiger partial charge in [0.25, 0.3) is 0 Å². The van der Waals surface area contributed by atoms with Crippen LogP contribution in [0.5, 0.6) is 0 Å². The molecule has 0 aliphatic carbocycles. The quantitative estimate of drug-likeness (QED) is 0.240. The van der Waals surface area contributed by atoms with E-state index in [2.05, 4.69) is 33.1 Å². The number of halogens is 2. The maximum Gasteiger partial charge on any atom is 0.144 e. The third kappa shape index (κ3) is 4.20. The fraction of sp³-hybridized carbons (Fsp3) is 0.417. The lowest BCUT2D eigenvalue weighted by atomic mass is 9.88. The number of rotatable bonds is 5. The van der Waals surface area contributed by atoms with E-state index in [4.69, 9.17) is 22.5 Å². The monoisotopic (exact) mass is 381 g/mol. The van der Waals surface area contributed by atoms with E-state index in [0.717, 1.165) is 27.2 Å². The van der Waals surface area contributed by atoms with E-state index in [-0.39, 0.29) is 11.3 Å². The van der Waals surface area contributed by atoms with Crippen LogP contribution in [0.2, 0.25) is 5.02 Å². The van der Waals surface area contributed by atoms with Gasteiger partial charge in [0.15, 0.2) is 0 Å². The van der Waals surface area contributed by atoms with Gasteiger partial charge >= 0.3 is 0 Å². The average Bonchev–Trinajstić information content (AvgIpc) is 2.30. The highest BCUT2D eigenvalue weighted by atomic mass is 127. The van der Waals surface area contributed by atoms with Crippen LogP contribution in [0.15, 0.2) is 23.4 Å². The molecule has 0 amide bonds. The first kappa shape index (κ1) is 15.4. The SMILES string of the molecule is CC(C)(CCNc1ccc(Cl)cc1I)/C(N)=N/O. The zero-order valence-corrected chi connectivity index (χ0v) is 13.3. The van der Waals surface area contributed by atoms with Gasteiger partial charge in [-0.3, -0.25) is 0 Å². The highest BCUT2D eigenvalue weighted by Crippen LogP contribution is 2.24. The molecule has 0 aliphatic heterocycles. The summed E-state index contributed by atoms with van der Waals surface area (Å²) in [5, 5.41) is 15.8. The summed E-state index contributed by atoms with van der Waals surface area (Å²) in [6.45, 7) is 4.62. The Bertz CT molecular complexity index is 449. The van der Waals surface area contributed by atoms with Gasteiger partial charge in [-0.25, -0.2) is 0 Å². The van der Waals surface area contributed by atoms with Crippen molar-refractivity contribution in [1.29, 1.82) is 0 Å². The summed E-state index contributed by atoms with van der Waals surface area (Å²) in [7, 11) is 0. The first-order valence-electron chi connectivity index (χ1n) is 5.54. The standard InChI is InChI=1S/C12H17ClIN3O/c1-12(2,11(15)17-18)5-6-16-10-4-3-8(13)7-9(10)14/h3-4,7,16,18H,5-6H2,1-2H3,(H2,15,17). The van der Waals surface area contributed by atoms with Crippen LogP contribution in [0.25, 0.3) is 0 Å². The predicted octanol–water partition coefficient (Wildman–Crippen LogP) is 3.52. The Morgan fingerprint density at radius 3 is 2.78 bits per heavy atom. The summed E-state index contributed by atoms with van der Waals surface area (Å²) < 4.78 is 1.07. The summed E-state index contributed by atoms with van der Waals surface area (Å²) in [6, 6.07) is 5.69. The van der Waals surface area contributed by atoms with Crippen molar-refractivity contribution in [3.05, 3.63) is 26.8 Å². The summed E-state index contributed by atoms with van der Waals surface area (Å²) in [6.07, 6.45) is 0.765. The molecule has 0 fully saturated rings. The molecule has 1 rings (SSSR count). The Morgan fingerprint density at radius 1 is 1.56 bits per heavy atom. The van der Waals surface area contributed by atoms with Crippen molar-refractivity contribution >= 4 is 45.7 Å². The molecule has 4 nitrogen and oxygen atoms in total. The highest BCUT2D eigenvalue weighted by molar-refractivity contribution is 14.1. The van der Waals surface area contributed by atoms with Gasteiger partial charge in [0.2, 0.25) is 0 Å². The molecule has 0 saturated heterocycles. The van der Waals surface area contributed by atoms with Gasteiger partial charge in [-0.05, 0) is 47.2 Å². The fourth-order valence-corrected chi connectivity index (χ4v) is 2.47. The van der Waals surface area contributed by atoms with Gasteiger partial charge in [0.1, 0.15) is 5.84 Å². The molecule has 0 radical (unpaired) electrons. The van der Waals surface area contributed by atoms with E-state index in [9.17, 15) is 0 Å². The lowest BCUT2D eigenvalue weighted by molar-refractivity contribution is 0.306. The molecule has 0 heterocycles. The Hall–Kier alpha value is -0.690. The van der Waals surface area contributed by atoms with Gasteiger partial charge in [0, 0.05) is 26.2 Å².